The molecule has 0 aliphatic carbocycles. The fourth-order valence-corrected chi connectivity index (χ4v) is 2.92. The second-order valence-electron chi connectivity index (χ2n) is 5.95. The molecule has 1 amide bonds. The second kappa shape index (κ2) is 6.57. The lowest BCUT2D eigenvalue weighted by Gasteiger charge is -2.31. The monoisotopic (exact) mass is 339 g/mol. The fraction of sp³-hybridized carbons (Fsp3) is 0.263. The molecule has 3 N–H and O–H groups in total. The lowest BCUT2D eigenvalue weighted by atomic mass is 9.96. The number of nitrogens with zero attached hydrogens (tertiary/aromatic N) is 2. The molecule has 0 saturated heterocycles. The maximum absolute atomic E-state index is 13.0. The van der Waals surface area contributed by atoms with E-state index in [0.29, 0.717) is 29.0 Å². The highest BCUT2D eigenvalue weighted by Gasteiger charge is 2.46. The Morgan fingerprint density at radius 3 is 2.56 bits per heavy atom. The summed E-state index contributed by atoms with van der Waals surface area (Å²) in [6.45, 7) is 1.94. The molecule has 130 valence electrons. The van der Waals surface area contributed by atoms with Gasteiger partial charge in [0.05, 0.1) is 12.7 Å². The predicted molar refractivity (Wildman–Crippen MR) is 96.3 cm³/mol. The van der Waals surface area contributed by atoms with Crippen molar-refractivity contribution in [3.63, 3.8) is 0 Å². The molecule has 0 fully saturated rings. The third-order valence-electron chi connectivity index (χ3n) is 4.39. The normalized spacial score (nSPS) is 19.6. The molecule has 0 saturated carbocycles. The average Bonchev–Trinajstić information content (AvgIpc) is 3.00. The van der Waals surface area contributed by atoms with Crippen LogP contribution in [0.4, 0.5) is 5.69 Å². The number of carbonyl (C=O) groups excluding carboxylic acids is 1. The van der Waals surface area contributed by atoms with Gasteiger partial charge in [0, 0.05) is 23.4 Å². The first kappa shape index (κ1) is 17.0. The smallest absolute Gasteiger partial charge is 0.279 e. The Labute approximate surface area is 146 Å². The molecule has 0 unspecified atom stereocenters. The SMILES string of the molecule is CCC1=NN(C(=O)c2ccccc2N)[C@](O)(c2ccc(OC)cc2)C1. The van der Waals surface area contributed by atoms with Crippen molar-refractivity contribution in [2.45, 2.75) is 25.5 Å². The topological polar surface area (TPSA) is 88.2 Å². The van der Waals surface area contributed by atoms with E-state index in [-0.39, 0.29) is 6.42 Å². The van der Waals surface area contributed by atoms with Gasteiger partial charge >= 0.3 is 0 Å². The van der Waals surface area contributed by atoms with Crippen LogP contribution >= 0.6 is 0 Å². The molecular weight excluding hydrogens is 318 g/mol. The fourth-order valence-electron chi connectivity index (χ4n) is 2.92. The van der Waals surface area contributed by atoms with Crippen molar-refractivity contribution in [3.8, 4) is 5.75 Å². The number of anilines is 1. The number of nitrogens with two attached hydrogens (primary N) is 1. The molecular formula is C19H21N3O3. The minimum atomic E-state index is -1.54. The van der Waals surface area contributed by atoms with E-state index >= 15 is 0 Å². The molecule has 3 rings (SSSR count). The van der Waals surface area contributed by atoms with E-state index in [1.54, 1.807) is 55.6 Å². The van der Waals surface area contributed by atoms with Crippen molar-refractivity contribution in [2.24, 2.45) is 5.10 Å². The number of benzene rings is 2. The predicted octanol–water partition coefficient (Wildman–Crippen LogP) is 2.73. The second-order valence-corrected chi connectivity index (χ2v) is 5.95. The molecule has 1 aliphatic rings. The maximum atomic E-state index is 13.0. The minimum absolute atomic E-state index is 0.258. The zero-order valence-electron chi connectivity index (χ0n) is 14.3. The quantitative estimate of drug-likeness (QED) is 0.838. The molecule has 2 aromatic carbocycles. The molecule has 2 aromatic rings. The lowest BCUT2D eigenvalue weighted by molar-refractivity contribution is -0.0765. The van der Waals surface area contributed by atoms with Crippen molar-refractivity contribution < 1.29 is 14.6 Å². The Morgan fingerprint density at radius 2 is 1.96 bits per heavy atom. The number of aliphatic hydroxyl groups is 1. The van der Waals surface area contributed by atoms with Crippen LogP contribution in [-0.4, -0.2) is 28.8 Å². The first-order chi connectivity index (χ1) is 12.0. The summed E-state index contributed by atoms with van der Waals surface area (Å²) < 4.78 is 5.16. The van der Waals surface area contributed by atoms with Gasteiger partial charge in [-0.1, -0.05) is 31.2 Å². The van der Waals surface area contributed by atoms with Gasteiger partial charge in [-0.15, -0.1) is 0 Å². The third kappa shape index (κ3) is 2.96. The van der Waals surface area contributed by atoms with E-state index in [2.05, 4.69) is 5.10 Å². The standard InChI is InChI=1S/C19H21N3O3/c1-3-14-12-19(24,13-8-10-15(25-2)11-9-13)22(21-14)18(23)16-6-4-5-7-17(16)20/h4-11,24H,3,12,20H2,1-2H3/t19-/m1/s1. The largest absolute Gasteiger partial charge is 0.497 e. The summed E-state index contributed by atoms with van der Waals surface area (Å²) in [6, 6.07) is 13.7. The van der Waals surface area contributed by atoms with Crippen LogP contribution in [0.15, 0.2) is 53.6 Å². The van der Waals surface area contributed by atoms with Crippen molar-refractivity contribution in [2.75, 3.05) is 12.8 Å². The van der Waals surface area contributed by atoms with Gasteiger partial charge in [-0.05, 0) is 30.7 Å². The number of rotatable bonds is 4. The van der Waals surface area contributed by atoms with Gasteiger partial charge < -0.3 is 15.6 Å². The van der Waals surface area contributed by atoms with E-state index in [9.17, 15) is 9.90 Å². The highest BCUT2D eigenvalue weighted by molar-refractivity contribution is 6.01. The number of methoxy groups -OCH3 is 1. The van der Waals surface area contributed by atoms with Crippen molar-refractivity contribution in [3.05, 3.63) is 59.7 Å². The zero-order valence-corrected chi connectivity index (χ0v) is 14.3. The minimum Gasteiger partial charge on any atom is -0.497 e. The number of ether oxygens (including phenoxy) is 1. The summed E-state index contributed by atoms with van der Waals surface area (Å²) in [6.07, 6.45) is 0.904. The lowest BCUT2D eigenvalue weighted by Crippen LogP contribution is -2.43. The van der Waals surface area contributed by atoms with Gasteiger partial charge in [0.15, 0.2) is 5.72 Å². The van der Waals surface area contributed by atoms with Crippen molar-refractivity contribution in [1.29, 1.82) is 0 Å². The van der Waals surface area contributed by atoms with E-state index in [0.717, 1.165) is 10.7 Å². The van der Waals surface area contributed by atoms with Gasteiger partial charge in [0.25, 0.3) is 5.91 Å². The Kier molecular flexibility index (Phi) is 4.46. The molecule has 6 heteroatoms. The van der Waals surface area contributed by atoms with Crippen molar-refractivity contribution >= 4 is 17.3 Å². The number of nitrogen functional groups attached to an aromatic ring is 1. The van der Waals surface area contributed by atoms with Crippen molar-refractivity contribution in [1.82, 2.24) is 5.01 Å². The molecule has 0 radical (unpaired) electrons. The summed E-state index contributed by atoms with van der Waals surface area (Å²) in [5, 5.41) is 16.8. The Hall–Kier alpha value is -2.86. The maximum Gasteiger partial charge on any atom is 0.279 e. The first-order valence-electron chi connectivity index (χ1n) is 8.12. The van der Waals surface area contributed by atoms with Crippen LogP contribution in [-0.2, 0) is 5.72 Å². The van der Waals surface area contributed by atoms with Crippen LogP contribution in [0.5, 0.6) is 5.75 Å². The summed E-state index contributed by atoms with van der Waals surface area (Å²) in [5.74, 6) is 0.243. The van der Waals surface area contributed by atoms with E-state index in [1.165, 1.54) is 0 Å². The molecule has 1 atom stereocenters. The summed E-state index contributed by atoms with van der Waals surface area (Å²) in [7, 11) is 1.57. The summed E-state index contributed by atoms with van der Waals surface area (Å²) in [5.41, 5.74) is 6.37. The Bertz CT molecular complexity index is 817. The highest BCUT2D eigenvalue weighted by Crippen LogP contribution is 2.38. The molecule has 1 aliphatic heterocycles. The number of hydrazone groups is 1. The first-order valence-corrected chi connectivity index (χ1v) is 8.12. The average molecular weight is 339 g/mol. The molecule has 25 heavy (non-hydrogen) atoms. The number of hydrogen-bond acceptors (Lipinski definition) is 5. The number of para-hydroxylation sites is 1. The van der Waals surface area contributed by atoms with Gasteiger partial charge in [0.1, 0.15) is 5.75 Å². The van der Waals surface area contributed by atoms with Crippen LogP contribution in [0.3, 0.4) is 0 Å². The molecule has 1 heterocycles. The van der Waals surface area contributed by atoms with Gasteiger partial charge in [0.2, 0.25) is 0 Å². The van der Waals surface area contributed by atoms with Crippen LogP contribution in [0.2, 0.25) is 0 Å². The van der Waals surface area contributed by atoms with Crippen LogP contribution in [0.25, 0.3) is 0 Å². The molecule has 0 aromatic heterocycles. The zero-order chi connectivity index (χ0) is 18.0. The molecule has 0 spiro atoms. The molecule has 0 bridgehead atoms. The van der Waals surface area contributed by atoms with Gasteiger partial charge in [-0.2, -0.15) is 10.1 Å². The molecule has 6 nitrogen and oxygen atoms in total. The van der Waals surface area contributed by atoms with Crippen LogP contribution in [0, 0.1) is 0 Å². The van der Waals surface area contributed by atoms with E-state index in [1.807, 2.05) is 6.92 Å². The summed E-state index contributed by atoms with van der Waals surface area (Å²) >= 11 is 0. The van der Waals surface area contributed by atoms with Crippen LogP contribution in [0.1, 0.15) is 35.7 Å². The number of amides is 1. The van der Waals surface area contributed by atoms with Gasteiger partial charge in [-0.3, -0.25) is 4.79 Å². The Balaban J connectivity index is 2.03. The van der Waals surface area contributed by atoms with E-state index in [4.69, 9.17) is 10.5 Å². The van der Waals surface area contributed by atoms with Crippen LogP contribution < -0.4 is 10.5 Å². The summed E-state index contributed by atoms with van der Waals surface area (Å²) in [4.78, 5) is 13.0. The number of carbonyl (C=O) groups is 1. The van der Waals surface area contributed by atoms with E-state index < -0.39 is 11.6 Å². The van der Waals surface area contributed by atoms with Gasteiger partial charge in [-0.25, -0.2) is 0 Å². The highest BCUT2D eigenvalue weighted by atomic mass is 16.5. The Morgan fingerprint density at radius 1 is 1.28 bits per heavy atom. The number of hydrogen-bond donors (Lipinski definition) is 2. The third-order valence-corrected chi connectivity index (χ3v) is 4.39.